The maximum Gasteiger partial charge on any atom is 0.286 e. The number of amidine groups is 1. The number of hydrogen-bond donors (Lipinski definition) is 4. The first-order chi connectivity index (χ1) is 14.5. The SMILES string of the molecule is O=c1c(C2=NS(O)(O)c3ccccc3N2)c(O)c2sccc2n1N=Cc1ccsc1. The monoisotopic (exact) mass is 458 g/mol. The summed E-state index contributed by atoms with van der Waals surface area (Å²) in [7, 11) is -3.54. The molecule has 30 heavy (non-hydrogen) atoms. The number of thiophene rings is 2. The van der Waals surface area contributed by atoms with Crippen LogP contribution in [0.1, 0.15) is 11.1 Å². The van der Waals surface area contributed by atoms with Crippen molar-refractivity contribution in [3.63, 3.8) is 0 Å². The second kappa shape index (κ2) is 7.07. The number of aromatic nitrogens is 1. The van der Waals surface area contributed by atoms with Crippen LogP contribution >= 0.6 is 33.4 Å². The van der Waals surface area contributed by atoms with Crippen LogP contribution in [-0.4, -0.2) is 30.9 Å². The zero-order chi connectivity index (χ0) is 20.9. The molecule has 1 aliphatic rings. The zero-order valence-electron chi connectivity index (χ0n) is 15.1. The number of hydrogen-bond acceptors (Lipinski definition) is 9. The Morgan fingerprint density at radius 1 is 1.17 bits per heavy atom. The molecule has 1 aromatic carbocycles. The lowest BCUT2D eigenvalue weighted by atomic mass is 10.2. The lowest BCUT2D eigenvalue weighted by molar-refractivity contribution is 0.479. The van der Waals surface area contributed by atoms with Crippen molar-refractivity contribution in [2.24, 2.45) is 9.50 Å². The molecule has 3 aromatic heterocycles. The van der Waals surface area contributed by atoms with E-state index in [0.29, 0.717) is 15.9 Å². The highest BCUT2D eigenvalue weighted by molar-refractivity contribution is 8.23. The summed E-state index contributed by atoms with van der Waals surface area (Å²) in [5.41, 5.74) is 0.871. The van der Waals surface area contributed by atoms with Crippen LogP contribution in [0.2, 0.25) is 0 Å². The molecule has 5 rings (SSSR count). The number of pyridine rings is 1. The summed E-state index contributed by atoms with van der Waals surface area (Å²) in [4.78, 5) is 13.5. The normalized spacial score (nSPS) is 16.3. The molecule has 0 spiro atoms. The van der Waals surface area contributed by atoms with Crippen molar-refractivity contribution in [3.8, 4) is 5.75 Å². The van der Waals surface area contributed by atoms with Gasteiger partial charge >= 0.3 is 0 Å². The predicted octanol–water partition coefficient (Wildman–Crippen LogP) is 4.61. The Morgan fingerprint density at radius 3 is 2.80 bits per heavy atom. The van der Waals surface area contributed by atoms with Gasteiger partial charge in [-0.1, -0.05) is 22.9 Å². The maximum absolute atomic E-state index is 13.3. The fourth-order valence-corrected chi connectivity index (χ4v) is 5.72. The Balaban J connectivity index is 1.73. The fourth-order valence-electron chi connectivity index (χ4n) is 3.12. The first kappa shape index (κ1) is 19.0. The van der Waals surface area contributed by atoms with E-state index in [1.807, 2.05) is 16.8 Å². The highest BCUT2D eigenvalue weighted by Gasteiger charge is 2.30. The standard InChI is InChI=1S/C19H14N4O4S3/c24-16-15(18-21-12-3-1-2-4-14(12)30(26,27)22-18)19(25)23(13-6-8-29-17(13)16)20-9-11-5-7-28-10-11/h1-10,24,26-27H,(H,21,22). The molecule has 4 N–H and O–H groups in total. The summed E-state index contributed by atoms with van der Waals surface area (Å²) in [6.07, 6.45) is 1.55. The lowest BCUT2D eigenvalue weighted by Crippen LogP contribution is -2.30. The molecule has 0 radical (unpaired) electrons. The number of para-hydroxylation sites is 1. The highest BCUT2D eigenvalue weighted by Crippen LogP contribution is 2.55. The Hall–Kier alpha value is -2.96. The van der Waals surface area contributed by atoms with Crippen molar-refractivity contribution in [1.29, 1.82) is 0 Å². The molecular weight excluding hydrogens is 444 g/mol. The van der Waals surface area contributed by atoms with Crippen LogP contribution in [-0.2, 0) is 0 Å². The first-order valence-corrected chi connectivity index (χ1v) is 11.9. The second-order valence-electron chi connectivity index (χ2n) is 6.36. The number of aromatic hydroxyl groups is 1. The van der Waals surface area contributed by atoms with E-state index in [9.17, 15) is 19.0 Å². The van der Waals surface area contributed by atoms with Crippen molar-refractivity contribution in [2.45, 2.75) is 4.90 Å². The van der Waals surface area contributed by atoms with Crippen LogP contribution in [0.25, 0.3) is 10.2 Å². The number of anilines is 1. The first-order valence-electron chi connectivity index (χ1n) is 8.62. The highest BCUT2D eigenvalue weighted by atomic mass is 32.3. The van der Waals surface area contributed by atoms with E-state index in [2.05, 4.69) is 14.8 Å². The summed E-state index contributed by atoms with van der Waals surface area (Å²) in [5, 5.41) is 23.6. The van der Waals surface area contributed by atoms with E-state index in [4.69, 9.17) is 0 Å². The van der Waals surface area contributed by atoms with Crippen molar-refractivity contribution >= 4 is 61.4 Å². The molecule has 11 heteroatoms. The lowest BCUT2D eigenvalue weighted by Gasteiger charge is -2.34. The molecule has 0 amide bonds. The number of rotatable bonds is 3. The molecule has 4 heterocycles. The average molecular weight is 459 g/mol. The Bertz CT molecular complexity index is 1390. The van der Waals surface area contributed by atoms with E-state index < -0.39 is 16.3 Å². The number of nitrogens with zero attached hydrogens (tertiary/aromatic N) is 3. The van der Waals surface area contributed by atoms with Gasteiger partial charge in [0, 0.05) is 5.56 Å². The summed E-state index contributed by atoms with van der Waals surface area (Å²) >= 11 is 2.75. The summed E-state index contributed by atoms with van der Waals surface area (Å²) < 4.78 is 26.6. The van der Waals surface area contributed by atoms with Crippen molar-refractivity contribution < 1.29 is 14.2 Å². The largest absolute Gasteiger partial charge is 0.505 e. The quantitative estimate of drug-likeness (QED) is 0.334. The minimum absolute atomic E-state index is 0.119. The number of benzene rings is 1. The molecule has 152 valence electrons. The molecule has 0 fully saturated rings. The fraction of sp³-hybridized carbons (Fsp3) is 0. The van der Waals surface area contributed by atoms with Gasteiger partial charge in [0.15, 0.2) is 11.6 Å². The van der Waals surface area contributed by atoms with E-state index in [1.54, 1.807) is 41.9 Å². The smallest absolute Gasteiger partial charge is 0.286 e. The van der Waals surface area contributed by atoms with Crippen LogP contribution in [0.3, 0.4) is 0 Å². The van der Waals surface area contributed by atoms with E-state index in [0.717, 1.165) is 5.56 Å². The second-order valence-corrected chi connectivity index (χ2v) is 9.71. The summed E-state index contributed by atoms with van der Waals surface area (Å²) in [5.74, 6) is -0.404. The van der Waals surface area contributed by atoms with Gasteiger partial charge in [0.1, 0.15) is 10.5 Å². The molecule has 8 nitrogen and oxygen atoms in total. The molecule has 4 aromatic rings. The summed E-state index contributed by atoms with van der Waals surface area (Å²) in [6, 6.07) is 10.1. The van der Waals surface area contributed by atoms with Gasteiger partial charge in [-0.15, -0.1) is 15.7 Å². The van der Waals surface area contributed by atoms with Crippen molar-refractivity contribution in [1.82, 2.24) is 4.68 Å². The molecular formula is C19H14N4O4S3. The van der Waals surface area contributed by atoms with Gasteiger partial charge in [0.05, 0.1) is 22.1 Å². The van der Waals surface area contributed by atoms with Crippen LogP contribution < -0.4 is 10.9 Å². The minimum Gasteiger partial charge on any atom is -0.505 e. The van der Waals surface area contributed by atoms with Crippen LogP contribution in [0.4, 0.5) is 5.69 Å². The zero-order valence-corrected chi connectivity index (χ0v) is 17.5. The average Bonchev–Trinajstić information content (AvgIpc) is 3.40. The van der Waals surface area contributed by atoms with Crippen LogP contribution in [0.15, 0.2) is 71.7 Å². The molecule has 0 saturated carbocycles. The number of fused-ring (bicyclic) bond motifs is 2. The third kappa shape index (κ3) is 3.04. The van der Waals surface area contributed by atoms with Crippen LogP contribution in [0, 0.1) is 0 Å². The molecule has 0 atom stereocenters. The van der Waals surface area contributed by atoms with Crippen molar-refractivity contribution in [2.75, 3.05) is 5.32 Å². The Kier molecular flexibility index (Phi) is 4.49. The molecule has 0 bridgehead atoms. The Labute approximate surface area is 179 Å². The minimum atomic E-state index is -3.54. The van der Waals surface area contributed by atoms with E-state index >= 15 is 0 Å². The van der Waals surface area contributed by atoms with E-state index in [1.165, 1.54) is 27.3 Å². The van der Waals surface area contributed by atoms with Crippen molar-refractivity contribution in [3.05, 3.63) is 74.0 Å². The maximum atomic E-state index is 13.3. The number of nitrogens with one attached hydrogen (secondary N) is 1. The Morgan fingerprint density at radius 2 is 2.00 bits per heavy atom. The summed E-state index contributed by atoms with van der Waals surface area (Å²) in [6.45, 7) is 0. The predicted molar refractivity (Wildman–Crippen MR) is 123 cm³/mol. The molecule has 0 saturated heterocycles. The van der Waals surface area contributed by atoms with Gasteiger partial charge in [-0.3, -0.25) is 13.9 Å². The van der Waals surface area contributed by atoms with Gasteiger partial charge in [-0.25, -0.2) is 0 Å². The molecule has 0 unspecified atom stereocenters. The van der Waals surface area contributed by atoms with Gasteiger partial charge in [0.2, 0.25) is 0 Å². The molecule has 1 aliphatic heterocycles. The van der Waals surface area contributed by atoms with Gasteiger partial charge in [0.25, 0.3) is 5.56 Å². The van der Waals surface area contributed by atoms with Gasteiger partial charge in [-0.2, -0.15) is 21.1 Å². The van der Waals surface area contributed by atoms with E-state index in [-0.39, 0.29) is 22.0 Å². The topological polar surface area (TPSA) is 119 Å². The van der Waals surface area contributed by atoms with Gasteiger partial charge < -0.3 is 10.4 Å². The van der Waals surface area contributed by atoms with Gasteiger partial charge in [-0.05, 0) is 40.4 Å². The third-order valence-electron chi connectivity index (χ3n) is 4.49. The van der Waals surface area contributed by atoms with Crippen LogP contribution in [0.5, 0.6) is 5.75 Å². The molecule has 0 aliphatic carbocycles. The third-order valence-corrected chi connectivity index (χ3v) is 7.48.